The van der Waals surface area contributed by atoms with Crippen LogP contribution in [0.4, 0.5) is 37.7 Å². The Hall–Kier alpha value is -2.23. The van der Waals surface area contributed by atoms with Crippen LogP contribution < -0.4 is 10.6 Å². The molecule has 0 aliphatic carbocycles. The summed E-state index contributed by atoms with van der Waals surface area (Å²) >= 11 is 0. The zero-order valence-corrected chi connectivity index (χ0v) is 12.4. The van der Waals surface area contributed by atoms with Gasteiger partial charge in [-0.05, 0) is 37.1 Å². The molecular formula is C14H12F6N2O2. The summed E-state index contributed by atoms with van der Waals surface area (Å²) in [5, 5.41) is 13.8. The van der Waals surface area contributed by atoms with Gasteiger partial charge in [0.1, 0.15) is 0 Å². The van der Waals surface area contributed by atoms with Crippen molar-refractivity contribution in [2.24, 2.45) is 0 Å². The SMILES string of the molecule is Cc1cc2c(cc1C)NC(O)(C(F)(F)F)C(C(=O)C(F)(F)F)=CN2. The van der Waals surface area contributed by atoms with Crippen LogP contribution in [0.5, 0.6) is 0 Å². The maximum Gasteiger partial charge on any atom is 0.454 e. The van der Waals surface area contributed by atoms with Crippen molar-refractivity contribution < 1.29 is 36.2 Å². The highest BCUT2D eigenvalue weighted by molar-refractivity contribution is 6.03. The van der Waals surface area contributed by atoms with E-state index < -0.39 is 29.4 Å². The van der Waals surface area contributed by atoms with Gasteiger partial charge in [0.2, 0.25) is 0 Å². The average Bonchev–Trinajstić information content (AvgIpc) is 2.54. The third-order valence-electron chi connectivity index (χ3n) is 3.62. The number of carbonyl (C=O) groups excluding carboxylic acids is 1. The standard InChI is InChI=1S/C14H12F6N2O2/c1-6-3-9-10(4-7(6)2)22-12(24,14(18,19)20)8(5-21-9)11(23)13(15,16)17/h3-5,21-22,24H,1-2H3. The second-order valence-electron chi connectivity index (χ2n) is 5.34. The number of aryl methyl sites for hydroxylation is 2. The van der Waals surface area contributed by atoms with Crippen LogP contribution in [-0.4, -0.2) is 29.0 Å². The molecule has 2 rings (SSSR count). The first kappa shape index (κ1) is 18.1. The van der Waals surface area contributed by atoms with Gasteiger partial charge in [-0.1, -0.05) is 0 Å². The third kappa shape index (κ3) is 2.93. The van der Waals surface area contributed by atoms with Crippen LogP contribution in [0.25, 0.3) is 0 Å². The van der Waals surface area contributed by atoms with Gasteiger partial charge in [0, 0.05) is 6.20 Å². The van der Waals surface area contributed by atoms with E-state index in [1.54, 1.807) is 19.2 Å². The van der Waals surface area contributed by atoms with Crippen molar-refractivity contribution >= 4 is 17.2 Å². The quantitative estimate of drug-likeness (QED) is 0.677. The lowest BCUT2D eigenvalue weighted by Crippen LogP contribution is -2.56. The van der Waals surface area contributed by atoms with Gasteiger partial charge >= 0.3 is 12.4 Å². The molecule has 0 amide bonds. The Morgan fingerprint density at radius 1 is 1.04 bits per heavy atom. The molecule has 1 atom stereocenters. The number of aliphatic hydroxyl groups is 1. The van der Waals surface area contributed by atoms with Crippen molar-refractivity contribution in [1.82, 2.24) is 0 Å². The van der Waals surface area contributed by atoms with Crippen molar-refractivity contribution in [3.8, 4) is 0 Å². The summed E-state index contributed by atoms with van der Waals surface area (Å²) < 4.78 is 77.7. The van der Waals surface area contributed by atoms with Gasteiger partial charge in [-0.15, -0.1) is 0 Å². The van der Waals surface area contributed by atoms with Gasteiger partial charge < -0.3 is 15.7 Å². The van der Waals surface area contributed by atoms with Crippen molar-refractivity contribution in [2.75, 3.05) is 10.6 Å². The normalized spacial score (nSPS) is 21.1. The minimum atomic E-state index is -5.59. The summed E-state index contributed by atoms with van der Waals surface area (Å²) in [6.07, 6.45) is -10.9. The van der Waals surface area contributed by atoms with Crippen LogP contribution in [0, 0.1) is 13.8 Å². The first-order chi connectivity index (χ1) is 10.8. The molecule has 4 nitrogen and oxygen atoms in total. The predicted molar refractivity (Wildman–Crippen MR) is 73.3 cm³/mol. The molecule has 24 heavy (non-hydrogen) atoms. The molecule has 10 heteroatoms. The average molecular weight is 354 g/mol. The number of nitrogens with one attached hydrogen (secondary N) is 2. The van der Waals surface area contributed by atoms with Crippen LogP contribution >= 0.6 is 0 Å². The molecule has 132 valence electrons. The monoisotopic (exact) mass is 354 g/mol. The first-order valence-corrected chi connectivity index (χ1v) is 6.54. The number of anilines is 2. The number of halogens is 6. The number of ketones is 1. The molecule has 0 saturated heterocycles. The second kappa shape index (κ2) is 5.40. The van der Waals surface area contributed by atoms with E-state index in [4.69, 9.17) is 0 Å². The zero-order chi connectivity index (χ0) is 18.5. The molecule has 1 aromatic rings. The number of Topliss-reactive ketones (excluding diaryl/α,β-unsaturated/α-hetero) is 1. The summed E-state index contributed by atoms with van der Waals surface area (Å²) in [4.78, 5) is 11.4. The van der Waals surface area contributed by atoms with Crippen LogP contribution in [-0.2, 0) is 4.79 Å². The van der Waals surface area contributed by atoms with Crippen molar-refractivity contribution in [1.29, 1.82) is 0 Å². The molecule has 0 aromatic heterocycles. The maximum absolute atomic E-state index is 13.3. The molecule has 1 aliphatic rings. The Labute approximate surface area is 132 Å². The molecule has 0 fully saturated rings. The lowest BCUT2D eigenvalue weighted by atomic mass is 9.98. The highest BCUT2D eigenvalue weighted by atomic mass is 19.4. The van der Waals surface area contributed by atoms with E-state index in [9.17, 15) is 36.2 Å². The van der Waals surface area contributed by atoms with Crippen LogP contribution in [0.15, 0.2) is 23.9 Å². The topological polar surface area (TPSA) is 61.4 Å². The van der Waals surface area contributed by atoms with E-state index in [0.29, 0.717) is 11.1 Å². The van der Waals surface area contributed by atoms with Crippen molar-refractivity contribution in [2.45, 2.75) is 31.9 Å². The van der Waals surface area contributed by atoms with Gasteiger partial charge in [-0.25, -0.2) is 0 Å². The lowest BCUT2D eigenvalue weighted by Gasteiger charge is -2.32. The van der Waals surface area contributed by atoms with Crippen LogP contribution in [0.2, 0.25) is 0 Å². The Balaban J connectivity index is 2.66. The van der Waals surface area contributed by atoms with Gasteiger partial charge in [0.05, 0.1) is 16.9 Å². The fraction of sp³-hybridized carbons (Fsp3) is 0.357. The number of hydrogen-bond acceptors (Lipinski definition) is 4. The largest absolute Gasteiger partial charge is 0.454 e. The molecule has 1 heterocycles. The minimum absolute atomic E-state index is 0.00857. The van der Waals surface area contributed by atoms with Crippen LogP contribution in [0.1, 0.15) is 11.1 Å². The fourth-order valence-electron chi connectivity index (χ4n) is 2.16. The highest BCUT2D eigenvalue weighted by Gasteiger charge is 2.62. The number of hydrogen-bond donors (Lipinski definition) is 3. The fourth-order valence-corrected chi connectivity index (χ4v) is 2.16. The Morgan fingerprint density at radius 2 is 1.54 bits per heavy atom. The van der Waals surface area contributed by atoms with E-state index in [2.05, 4.69) is 5.32 Å². The zero-order valence-electron chi connectivity index (χ0n) is 12.4. The molecule has 0 bridgehead atoms. The van der Waals surface area contributed by atoms with E-state index in [1.807, 2.05) is 0 Å². The van der Waals surface area contributed by atoms with Crippen molar-refractivity contribution in [3.05, 3.63) is 35.0 Å². The summed E-state index contributed by atoms with van der Waals surface area (Å²) in [7, 11) is 0. The molecule has 0 spiro atoms. The number of benzene rings is 1. The van der Waals surface area contributed by atoms with Gasteiger partial charge in [-0.3, -0.25) is 4.79 Å². The minimum Gasteiger partial charge on any atom is -0.360 e. The molecule has 3 N–H and O–H groups in total. The number of rotatable bonds is 1. The number of alkyl halides is 6. The van der Waals surface area contributed by atoms with E-state index in [0.717, 1.165) is 0 Å². The molecular weight excluding hydrogens is 342 g/mol. The summed E-state index contributed by atoms with van der Waals surface area (Å²) in [5.41, 5.74) is -5.20. The predicted octanol–water partition coefficient (Wildman–Crippen LogP) is 3.41. The lowest BCUT2D eigenvalue weighted by molar-refractivity contribution is -0.235. The van der Waals surface area contributed by atoms with Gasteiger partial charge in [-0.2, -0.15) is 26.3 Å². The van der Waals surface area contributed by atoms with Gasteiger partial charge in [0.25, 0.3) is 11.5 Å². The Bertz CT molecular complexity index is 723. The molecule has 1 unspecified atom stereocenters. The van der Waals surface area contributed by atoms with Crippen molar-refractivity contribution in [3.63, 3.8) is 0 Å². The first-order valence-electron chi connectivity index (χ1n) is 6.54. The van der Waals surface area contributed by atoms with E-state index >= 15 is 0 Å². The summed E-state index contributed by atoms with van der Waals surface area (Å²) in [6.45, 7) is 3.22. The molecule has 1 aliphatic heterocycles. The second-order valence-corrected chi connectivity index (χ2v) is 5.34. The Morgan fingerprint density at radius 3 is 2.00 bits per heavy atom. The van der Waals surface area contributed by atoms with Crippen LogP contribution in [0.3, 0.4) is 0 Å². The van der Waals surface area contributed by atoms with E-state index in [-0.39, 0.29) is 17.6 Å². The molecule has 1 aromatic carbocycles. The summed E-state index contributed by atoms with van der Waals surface area (Å²) in [5.74, 6) is -2.80. The Kier molecular flexibility index (Phi) is 4.08. The number of carbonyl (C=O) groups is 1. The molecule has 0 saturated carbocycles. The van der Waals surface area contributed by atoms with Gasteiger partial charge in [0.15, 0.2) is 0 Å². The summed E-state index contributed by atoms with van der Waals surface area (Å²) in [6, 6.07) is 2.61. The van der Waals surface area contributed by atoms with E-state index in [1.165, 1.54) is 12.1 Å². The molecule has 0 radical (unpaired) electrons. The third-order valence-corrected chi connectivity index (χ3v) is 3.62. The number of fused-ring (bicyclic) bond motifs is 1. The maximum atomic E-state index is 13.3. The smallest absolute Gasteiger partial charge is 0.360 e. The highest BCUT2D eigenvalue weighted by Crippen LogP contribution is 2.43.